The van der Waals surface area contributed by atoms with Crippen LogP contribution in [0.1, 0.15) is 472 Å². The van der Waals surface area contributed by atoms with Crippen molar-refractivity contribution in [3.8, 4) is 0 Å². The molecule has 108 heavy (non-hydrogen) atoms. The number of hydrogen-bond donors (Lipinski definition) is 3. The molecule has 0 aromatic carbocycles. The molecule has 0 aliphatic heterocycles. The number of aliphatic hydroxyl groups is 1. The van der Waals surface area contributed by atoms with Gasteiger partial charge >= 0.3 is 39.5 Å². The Balaban J connectivity index is 5.24. The summed E-state index contributed by atoms with van der Waals surface area (Å²) in [6, 6.07) is 0. The lowest BCUT2D eigenvalue weighted by atomic mass is 9.99. The van der Waals surface area contributed by atoms with Gasteiger partial charge in [-0.1, -0.05) is 421 Å². The van der Waals surface area contributed by atoms with Crippen molar-refractivity contribution in [3.05, 3.63) is 0 Å². The molecule has 0 aromatic rings. The predicted molar refractivity (Wildman–Crippen MR) is 446 cm³/mol. The van der Waals surface area contributed by atoms with Gasteiger partial charge in [0.25, 0.3) is 0 Å². The Bertz CT molecular complexity index is 2080. The summed E-state index contributed by atoms with van der Waals surface area (Å²) in [5, 5.41) is 10.7. The van der Waals surface area contributed by atoms with E-state index in [0.717, 1.165) is 108 Å². The van der Waals surface area contributed by atoms with Crippen molar-refractivity contribution in [3.63, 3.8) is 0 Å². The fraction of sp³-hybridized carbons (Fsp3) is 0.955. The van der Waals surface area contributed by atoms with Gasteiger partial charge in [-0.3, -0.25) is 37.3 Å². The van der Waals surface area contributed by atoms with E-state index in [9.17, 15) is 43.2 Å². The van der Waals surface area contributed by atoms with Crippen LogP contribution >= 0.6 is 15.6 Å². The molecule has 19 heteroatoms. The van der Waals surface area contributed by atoms with Crippen LogP contribution < -0.4 is 0 Å². The minimum Gasteiger partial charge on any atom is -0.462 e. The van der Waals surface area contributed by atoms with Crippen LogP contribution in [0.2, 0.25) is 0 Å². The van der Waals surface area contributed by atoms with Crippen LogP contribution in [0, 0.1) is 17.8 Å². The molecule has 0 rings (SSSR count). The molecule has 0 bridgehead atoms. The van der Waals surface area contributed by atoms with Crippen LogP contribution in [0.4, 0.5) is 0 Å². The highest BCUT2D eigenvalue weighted by molar-refractivity contribution is 7.47. The maximum absolute atomic E-state index is 13.2. The number of phosphoric acid groups is 2. The second-order valence-corrected chi connectivity index (χ2v) is 35.6. The number of carbonyl (C=O) groups is 4. The Morgan fingerprint density at radius 3 is 0.657 bits per heavy atom. The molecule has 0 aliphatic rings. The number of rotatable bonds is 87. The number of esters is 4. The van der Waals surface area contributed by atoms with Crippen LogP contribution in [-0.2, 0) is 65.4 Å². The summed E-state index contributed by atoms with van der Waals surface area (Å²) in [7, 11) is -9.93. The van der Waals surface area contributed by atoms with Gasteiger partial charge in [0.05, 0.1) is 26.4 Å². The SMILES string of the molecule is CCCCCCCCCCCCCCCCCCCCCCC(=O)OC[C@H](COP(=O)(O)OC[C@@H](O)COP(=O)(O)OC[C@@H](COC(=O)CCCCCCCCCCC(C)CC)OC(=O)CCCCCCCCCCCCC(C)CC)OC(=O)CCCCCCCCCCCCCCCCCCCCC(C)CC. The summed E-state index contributed by atoms with van der Waals surface area (Å²) in [5.41, 5.74) is 0. The zero-order chi connectivity index (χ0) is 79.3. The predicted octanol–water partition coefficient (Wildman–Crippen LogP) is 27.3. The normalized spacial score (nSPS) is 14.6. The van der Waals surface area contributed by atoms with Crippen LogP contribution in [0.3, 0.4) is 0 Å². The number of phosphoric ester groups is 2. The third-order valence-electron chi connectivity index (χ3n) is 22.0. The van der Waals surface area contributed by atoms with Gasteiger partial charge in [0.2, 0.25) is 0 Å². The van der Waals surface area contributed by atoms with E-state index in [4.69, 9.17) is 37.0 Å². The van der Waals surface area contributed by atoms with Crippen molar-refractivity contribution >= 4 is 39.5 Å². The minimum absolute atomic E-state index is 0.106. The van der Waals surface area contributed by atoms with E-state index in [1.165, 1.54) is 283 Å². The first-order valence-corrected chi connectivity index (χ1v) is 49.0. The molecule has 0 saturated carbocycles. The van der Waals surface area contributed by atoms with Gasteiger partial charge in [-0.25, -0.2) is 9.13 Å². The second kappa shape index (κ2) is 78.9. The zero-order valence-electron chi connectivity index (χ0n) is 71.3. The van der Waals surface area contributed by atoms with Gasteiger partial charge in [-0.05, 0) is 43.4 Å². The fourth-order valence-electron chi connectivity index (χ4n) is 13.8. The monoisotopic (exact) mass is 1580 g/mol. The molecule has 0 spiro atoms. The lowest BCUT2D eigenvalue weighted by molar-refractivity contribution is -0.161. The molecular weight excluding hydrogens is 1400 g/mol. The molecule has 8 atom stereocenters. The summed E-state index contributed by atoms with van der Waals surface area (Å²) in [6.45, 7) is 12.1. The van der Waals surface area contributed by atoms with Crippen LogP contribution in [0.15, 0.2) is 0 Å². The number of hydrogen-bond acceptors (Lipinski definition) is 15. The largest absolute Gasteiger partial charge is 0.472 e. The molecule has 642 valence electrons. The Labute approximate surface area is 664 Å². The van der Waals surface area contributed by atoms with Gasteiger partial charge in [-0.15, -0.1) is 0 Å². The molecule has 0 fully saturated rings. The summed E-state index contributed by atoms with van der Waals surface area (Å²) < 4.78 is 69.0. The van der Waals surface area contributed by atoms with Crippen molar-refractivity contribution in [1.82, 2.24) is 0 Å². The number of ether oxygens (including phenoxy) is 4. The lowest BCUT2D eigenvalue weighted by Crippen LogP contribution is -2.30. The van der Waals surface area contributed by atoms with Gasteiger partial charge in [-0.2, -0.15) is 0 Å². The van der Waals surface area contributed by atoms with Gasteiger partial charge < -0.3 is 33.8 Å². The zero-order valence-corrected chi connectivity index (χ0v) is 73.1. The first-order chi connectivity index (χ1) is 52.3. The Morgan fingerprint density at radius 1 is 0.259 bits per heavy atom. The van der Waals surface area contributed by atoms with E-state index in [2.05, 4.69) is 48.5 Å². The van der Waals surface area contributed by atoms with E-state index in [0.29, 0.717) is 25.7 Å². The molecular formula is C89H174O17P2. The molecule has 0 heterocycles. The van der Waals surface area contributed by atoms with Crippen molar-refractivity contribution in [2.45, 2.75) is 491 Å². The van der Waals surface area contributed by atoms with Crippen LogP contribution in [-0.4, -0.2) is 96.7 Å². The Hall–Kier alpha value is -1.94. The number of unbranched alkanes of at least 4 members (excludes halogenated alkanes) is 52. The van der Waals surface area contributed by atoms with Crippen molar-refractivity contribution in [1.29, 1.82) is 0 Å². The number of aliphatic hydroxyl groups excluding tert-OH is 1. The molecule has 0 amide bonds. The minimum atomic E-state index is -4.97. The average molecular weight is 1580 g/mol. The second-order valence-electron chi connectivity index (χ2n) is 32.7. The van der Waals surface area contributed by atoms with Gasteiger partial charge in [0.1, 0.15) is 19.3 Å². The molecule has 5 unspecified atom stereocenters. The Morgan fingerprint density at radius 2 is 0.444 bits per heavy atom. The van der Waals surface area contributed by atoms with Crippen molar-refractivity contribution < 1.29 is 80.2 Å². The maximum atomic E-state index is 13.2. The quantitative estimate of drug-likeness (QED) is 0.0222. The fourth-order valence-corrected chi connectivity index (χ4v) is 15.4. The highest BCUT2D eigenvalue weighted by Crippen LogP contribution is 2.45. The third-order valence-corrected chi connectivity index (χ3v) is 23.9. The molecule has 0 aliphatic carbocycles. The summed E-state index contributed by atoms with van der Waals surface area (Å²) in [4.78, 5) is 73.3. The molecule has 0 radical (unpaired) electrons. The topological polar surface area (TPSA) is 237 Å². The first kappa shape index (κ1) is 106. The van der Waals surface area contributed by atoms with Gasteiger partial charge in [0.15, 0.2) is 12.2 Å². The van der Waals surface area contributed by atoms with Crippen molar-refractivity contribution in [2.75, 3.05) is 39.6 Å². The number of carbonyl (C=O) groups excluding carboxylic acids is 4. The highest BCUT2D eigenvalue weighted by atomic mass is 31.2. The summed E-state index contributed by atoms with van der Waals surface area (Å²) in [6.07, 6.45) is 70.8. The van der Waals surface area contributed by atoms with E-state index in [1.54, 1.807) is 0 Å². The summed E-state index contributed by atoms with van der Waals surface area (Å²) >= 11 is 0. The van der Waals surface area contributed by atoms with E-state index >= 15 is 0 Å². The lowest BCUT2D eigenvalue weighted by Gasteiger charge is -2.21. The van der Waals surface area contributed by atoms with E-state index in [-0.39, 0.29) is 25.7 Å². The first-order valence-electron chi connectivity index (χ1n) is 46.0. The third kappa shape index (κ3) is 78.0. The molecule has 3 N–H and O–H groups in total. The van der Waals surface area contributed by atoms with Crippen LogP contribution in [0.5, 0.6) is 0 Å². The van der Waals surface area contributed by atoms with Crippen molar-refractivity contribution in [2.24, 2.45) is 17.8 Å². The Kier molecular flexibility index (Phi) is 77.5. The van der Waals surface area contributed by atoms with Gasteiger partial charge in [0, 0.05) is 25.7 Å². The average Bonchev–Trinajstić information content (AvgIpc) is 0.899. The van der Waals surface area contributed by atoms with Crippen LogP contribution in [0.25, 0.3) is 0 Å². The highest BCUT2D eigenvalue weighted by Gasteiger charge is 2.31. The van der Waals surface area contributed by atoms with E-state index < -0.39 is 97.5 Å². The summed E-state index contributed by atoms with van der Waals surface area (Å²) in [5.74, 6) is 0.349. The molecule has 17 nitrogen and oxygen atoms in total. The standard InChI is InChI=1S/C89H174O17P2/c1-8-12-13-14-15-16-17-18-19-20-21-22-26-29-32-35-41-49-56-63-70-86(91)99-76-84(105-88(93)72-65-58-51-42-36-33-30-27-24-23-25-28-31-34-39-46-53-60-67-80(5)9-2)78-103-107(95,96)101-74-83(90)75-102-108(97,98)104-79-85(77-100-87(92)71-64-57-50-45-44-48-55-62-69-82(7)11-4)106-89(94)73-66-59-52-43-38-37-40-47-54-61-68-81(6)10-3/h80-85,90H,8-79H2,1-7H3,(H,95,96)(H,97,98)/t80?,81?,82?,83-,84-,85-/m1/s1. The smallest absolute Gasteiger partial charge is 0.462 e. The molecule has 0 aromatic heterocycles. The molecule has 0 saturated heterocycles. The van der Waals surface area contributed by atoms with E-state index in [1.807, 2.05) is 0 Å². The maximum Gasteiger partial charge on any atom is 0.472 e.